The third kappa shape index (κ3) is 5.99. The minimum atomic E-state index is 0.243. The molecule has 0 aromatic carbocycles. The molecule has 178 valence electrons. The Morgan fingerprint density at radius 3 is 1.70 bits per heavy atom. The molecule has 3 atom stereocenters. The topological polar surface area (TPSA) is 13.0 Å². The van der Waals surface area contributed by atoms with E-state index in [4.69, 9.17) is 0 Å². The van der Waals surface area contributed by atoms with Crippen LogP contribution in [0.2, 0.25) is 0 Å². The van der Waals surface area contributed by atoms with Gasteiger partial charge in [0.2, 0.25) is 0 Å². The summed E-state index contributed by atoms with van der Waals surface area (Å²) in [5.74, 6) is 0. The summed E-state index contributed by atoms with van der Waals surface area (Å²) in [6.45, 7) is 34.9. The molecule has 2 saturated heterocycles. The van der Waals surface area contributed by atoms with Gasteiger partial charge in [-0.2, -0.15) is 0 Å². The van der Waals surface area contributed by atoms with Crippen molar-refractivity contribution in [2.45, 2.75) is 137 Å². The van der Waals surface area contributed by atoms with Crippen LogP contribution in [0.5, 0.6) is 0 Å². The van der Waals surface area contributed by atoms with Crippen LogP contribution in [0.1, 0.15) is 95.9 Å². The van der Waals surface area contributed by atoms with Gasteiger partial charge in [-0.05, 0) is 95.9 Å². The van der Waals surface area contributed by atoms with Gasteiger partial charge in [-0.3, -0.25) is 19.6 Å². The SMILES string of the molecule is CC(C)N1C[C@H](C)N(C(C)(C)CCC(C)(C)N2CCN(C(C)(C)C)[C@H](C)C2)C[C@H]1C. The summed E-state index contributed by atoms with van der Waals surface area (Å²) in [7, 11) is 0. The molecule has 2 fully saturated rings. The van der Waals surface area contributed by atoms with Crippen molar-refractivity contribution in [1.29, 1.82) is 0 Å². The zero-order chi connectivity index (χ0) is 23.1. The molecule has 0 bridgehead atoms. The van der Waals surface area contributed by atoms with E-state index in [2.05, 4.69) is 103 Å². The Hall–Kier alpha value is -0.160. The Kier molecular flexibility index (Phi) is 8.15. The normalized spacial score (nSPS) is 29.7. The first-order chi connectivity index (χ1) is 13.6. The Labute approximate surface area is 189 Å². The van der Waals surface area contributed by atoms with E-state index >= 15 is 0 Å². The lowest BCUT2D eigenvalue weighted by molar-refractivity contribution is -0.0474. The fraction of sp³-hybridized carbons (Fsp3) is 1.00. The van der Waals surface area contributed by atoms with Gasteiger partial charge in [-0.25, -0.2) is 0 Å². The minimum Gasteiger partial charge on any atom is -0.295 e. The quantitative estimate of drug-likeness (QED) is 0.601. The van der Waals surface area contributed by atoms with Gasteiger partial charge in [0.1, 0.15) is 0 Å². The second kappa shape index (κ2) is 9.37. The lowest BCUT2D eigenvalue weighted by Crippen LogP contribution is -2.64. The molecule has 0 aliphatic carbocycles. The second-order valence-corrected chi connectivity index (χ2v) is 12.9. The summed E-state index contributed by atoms with van der Waals surface area (Å²) in [6, 6.07) is 2.52. The minimum absolute atomic E-state index is 0.243. The van der Waals surface area contributed by atoms with Crippen molar-refractivity contribution in [3.63, 3.8) is 0 Å². The highest BCUT2D eigenvalue weighted by molar-refractivity contribution is 4.97. The van der Waals surface area contributed by atoms with Crippen molar-refractivity contribution in [2.75, 3.05) is 32.7 Å². The zero-order valence-electron chi connectivity index (χ0n) is 22.5. The zero-order valence-corrected chi connectivity index (χ0v) is 22.5. The van der Waals surface area contributed by atoms with E-state index in [1.54, 1.807) is 0 Å². The van der Waals surface area contributed by atoms with Crippen LogP contribution in [0, 0.1) is 0 Å². The Morgan fingerprint density at radius 1 is 0.667 bits per heavy atom. The van der Waals surface area contributed by atoms with E-state index in [-0.39, 0.29) is 16.6 Å². The molecule has 30 heavy (non-hydrogen) atoms. The van der Waals surface area contributed by atoms with E-state index in [0.29, 0.717) is 24.2 Å². The standard InChI is InChI=1S/C26H54N4/c1-20(2)28-18-23(5)30(19-21(28)3)26(11,12)14-13-25(9,10)27-15-16-29(22(4)17-27)24(6,7)8/h20-23H,13-19H2,1-12H3/t21-,22-,23+/m1/s1. The largest absolute Gasteiger partial charge is 0.295 e. The summed E-state index contributed by atoms with van der Waals surface area (Å²) >= 11 is 0. The summed E-state index contributed by atoms with van der Waals surface area (Å²) in [6.07, 6.45) is 2.51. The lowest BCUT2D eigenvalue weighted by atomic mass is 9.84. The number of nitrogens with zero attached hydrogens (tertiary/aromatic N) is 4. The molecule has 0 unspecified atom stereocenters. The van der Waals surface area contributed by atoms with Gasteiger partial charge in [0, 0.05) is 73.5 Å². The summed E-state index contributed by atoms with van der Waals surface area (Å²) in [5, 5.41) is 0. The summed E-state index contributed by atoms with van der Waals surface area (Å²) in [5.41, 5.74) is 0.763. The second-order valence-electron chi connectivity index (χ2n) is 12.9. The highest BCUT2D eigenvalue weighted by atomic mass is 15.3. The van der Waals surface area contributed by atoms with Crippen LogP contribution < -0.4 is 0 Å². The van der Waals surface area contributed by atoms with Gasteiger partial charge in [-0.1, -0.05) is 0 Å². The fourth-order valence-corrected chi connectivity index (χ4v) is 6.13. The average molecular weight is 423 g/mol. The molecule has 0 spiro atoms. The van der Waals surface area contributed by atoms with Crippen LogP contribution >= 0.6 is 0 Å². The van der Waals surface area contributed by atoms with Gasteiger partial charge in [0.25, 0.3) is 0 Å². The first kappa shape index (κ1) is 26.1. The molecule has 0 N–H and O–H groups in total. The highest BCUT2D eigenvalue weighted by Gasteiger charge is 2.41. The van der Waals surface area contributed by atoms with E-state index in [0.717, 1.165) is 0 Å². The highest BCUT2D eigenvalue weighted by Crippen LogP contribution is 2.34. The molecule has 4 heteroatoms. The van der Waals surface area contributed by atoms with Crippen molar-refractivity contribution in [1.82, 2.24) is 19.6 Å². The molecule has 2 aliphatic heterocycles. The van der Waals surface area contributed by atoms with Crippen LogP contribution in [0.4, 0.5) is 0 Å². The van der Waals surface area contributed by atoms with Crippen molar-refractivity contribution < 1.29 is 0 Å². The third-order valence-corrected chi connectivity index (χ3v) is 8.17. The summed E-state index contributed by atoms with van der Waals surface area (Å²) in [4.78, 5) is 10.9. The lowest BCUT2D eigenvalue weighted by Gasteiger charge is -2.54. The van der Waals surface area contributed by atoms with E-state index in [1.807, 2.05) is 0 Å². The molecule has 2 rings (SSSR count). The van der Waals surface area contributed by atoms with Crippen LogP contribution in [0.15, 0.2) is 0 Å². The first-order valence-corrected chi connectivity index (χ1v) is 12.6. The maximum atomic E-state index is 2.80. The maximum absolute atomic E-state index is 2.80. The molecule has 2 heterocycles. The summed E-state index contributed by atoms with van der Waals surface area (Å²) < 4.78 is 0. The van der Waals surface area contributed by atoms with Crippen LogP contribution in [-0.4, -0.2) is 93.1 Å². The van der Waals surface area contributed by atoms with Crippen molar-refractivity contribution in [2.24, 2.45) is 0 Å². The van der Waals surface area contributed by atoms with Crippen LogP contribution in [0.3, 0.4) is 0 Å². The van der Waals surface area contributed by atoms with Gasteiger partial charge in [0.05, 0.1) is 0 Å². The number of piperazine rings is 2. The molecule has 2 aliphatic rings. The first-order valence-electron chi connectivity index (χ1n) is 12.6. The molecule has 4 nitrogen and oxygen atoms in total. The molecule has 0 radical (unpaired) electrons. The Morgan fingerprint density at radius 2 is 1.20 bits per heavy atom. The maximum Gasteiger partial charge on any atom is 0.0201 e. The van der Waals surface area contributed by atoms with E-state index in [9.17, 15) is 0 Å². The van der Waals surface area contributed by atoms with Crippen molar-refractivity contribution in [3.8, 4) is 0 Å². The predicted octanol–water partition coefficient (Wildman–Crippen LogP) is 4.93. The molecular formula is C26H54N4. The average Bonchev–Trinajstić information content (AvgIpc) is 2.60. The number of hydrogen-bond acceptors (Lipinski definition) is 4. The van der Waals surface area contributed by atoms with Crippen molar-refractivity contribution >= 4 is 0 Å². The molecular weight excluding hydrogens is 368 g/mol. The smallest absolute Gasteiger partial charge is 0.0201 e. The van der Waals surface area contributed by atoms with Crippen LogP contribution in [-0.2, 0) is 0 Å². The van der Waals surface area contributed by atoms with E-state index < -0.39 is 0 Å². The van der Waals surface area contributed by atoms with Gasteiger partial charge >= 0.3 is 0 Å². The Bertz CT molecular complexity index is 548. The monoisotopic (exact) mass is 422 g/mol. The third-order valence-electron chi connectivity index (χ3n) is 8.17. The fourth-order valence-electron chi connectivity index (χ4n) is 6.13. The molecule has 0 aromatic rings. The predicted molar refractivity (Wildman–Crippen MR) is 132 cm³/mol. The van der Waals surface area contributed by atoms with Gasteiger partial charge in [-0.15, -0.1) is 0 Å². The van der Waals surface area contributed by atoms with Crippen LogP contribution in [0.25, 0.3) is 0 Å². The number of hydrogen-bond donors (Lipinski definition) is 0. The molecule has 0 aromatic heterocycles. The van der Waals surface area contributed by atoms with E-state index in [1.165, 1.54) is 45.6 Å². The number of rotatable bonds is 6. The molecule has 0 saturated carbocycles. The van der Waals surface area contributed by atoms with Crippen molar-refractivity contribution in [3.05, 3.63) is 0 Å². The Balaban J connectivity index is 1.98. The molecule has 0 amide bonds. The van der Waals surface area contributed by atoms with Gasteiger partial charge in [0.15, 0.2) is 0 Å². The van der Waals surface area contributed by atoms with Gasteiger partial charge < -0.3 is 0 Å².